The summed E-state index contributed by atoms with van der Waals surface area (Å²) >= 11 is 4.21. The van der Waals surface area contributed by atoms with E-state index in [0.29, 0.717) is 0 Å². The molecule has 1 unspecified atom stereocenters. The molecule has 0 radical (unpaired) electrons. The van der Waals surface area contributed by atoms with Crippen LogP contribution < -0.4 is 0 Å². The van der Waals surface area contributed by atoms with Crippen molar-refractivity contribution in [2.45, 2.75) is 20.5 Å². The molecular formula is C9H12O3S2. The van der Waals surface area contributed by atoms with E-state index in [-0.39, 0.29) is 6.61 Å². The molecule has 0 bridgehead atoms. The molecule has 0 fully saturated rings. The highest BCUT2D eigenvalue weighted by Gasteiger charge is 2.02. The molecule has 0 aliphatic heterocycles. The lowest BCUT2D eigenvalue weighted by atomic mass is 10.1. The molecule has 3 nitrogen and oxygen atoms in total. The minimum Gasteiger partial charge on any atom is -0.285 e. The third-order valence-electron chi connectivity index (χ3n) is 1.66. The van der Waals surface area contributed by atoms with E-state index in [0.717, 1.165) is 16.7 Å². The van der Waals surface area contributed by atoms with Crippen molar-refractivity contribution in [3.8, 4) is 0 Å². The van der Waals surface area contributed by atoms with Gasteiger partial charge in [0.15, 0.2) is 0 Å². The summed E-state index contributed by atoms with van der Waals surface area (Å²) in [5, 5.41) is 0. The Balaban J connectivity index is 2.78. The van der Waals surface area contributed by atoms with Crippen LogP contribution in [0.4, 0.5) is 0 Å². The molecule has 14 heavy (non-hydrogen) atoms. The Labute approximate surface area is 88.8 Å². The summed E-state index contributed by atoms with van der Waals surface area (Å²) in [7, 11) is -3.51. The van der Waals surface area contributed by atoms with Crippen molar-refractivity contribution in [2.24, 2.45) is 0 Å². The number of hydrogen-bond donors (Lipinski definition) is 1. The Bertz CT molecular complexity index is 403. The van der Waals surface area contributed by atoms with E-state index in [9.17, 15) is 4.21 Å². The molecular weight excluding hydrogens is 220 g/mol. The molecule has 0 aromatic heterocycles. The fourth-order valence-electron chi connectivity index (χ4n) is 1.29. The summed E-state index contributed by atoms with van der Waals surface area (Å²) in [6.45, 7) is 3.99. The maximum atomic E-state index is 10.7. The lowest BCUT2D eigenvalue weighted by Crippen LogP contribution is -2.02. The molecule has 0 spiro atoms. The minimum atomic E-state index is -3.51. The van der Waals surface area contributed by atoms with E-state index in [1.54, 1.807) is 0 Å². The highest BCUT2D eigenvalue weighted by Crippen LogP contribution is 2.10. The van der Waals surface area contributed by atoms with Crippen molar-refractivity contribution in [1.29, 1.82) is 0 Å². The molecule has 0 heterocycles. The van der Waals surface area contributed by atoms with Gasteiger partial charge >= 0.3 is 0 Å². The van der Waals surface area contributed by atoms with E-state index < -0.39 is 9.05 Å². The summed E-state index contributed by atoms with van der Waals surface area (Å²) < 4.78 is 24.0. The van der Waals surface area contributed by atoms with Crippen LogP contribution in [-0.2, 0) is 31.0 Å². The van der Waals surface area contributed by atoms with Crippen molar-refractivity contribution in [3.05, 3.63) is 34.9 Å². The van der Waals surface area contributed by atoms with Crippen LogP contribution in [0.15, 0.2) is 18.2 Å². The molecule has 1 rings (SSSR count). The van der Waals surface area contributed by atoms with Crippen LogP contribution in [0, 0.1) is 13.8 Å². The van der Waals surface area contributed by atoms with Crippen molar-refractivity contribution in [1.82, 2.24) is 0 Å². The molecule has 0 saturated carbocycles. The predicted octanol–water partition coefficient (Wildman–Crippen LogP) is 1.95. The van der Waals surface area contributed by atoms with Gasteiger partial charge in [0, 0.05) is 11.2 Å². The van der Waals surface area contributed by atoms with E-state index >= 15 is 0 Å². The Morgan fingerprint density at radius 3 is 2.29 bits per heavy atom. The van der Waals surface area contributed by atoms with Gasteiger partial charge in [0.1, 0.15) is 0 Å². The highest BCUT2D eigenvalue weighted by molar-refractivity contribution is 8.27. The van der Waals surface area contributed by atoms with E-state index in [4.69, 9.17) is 4.55 Å². The van der Waals surface area contributed by atoms with E-state index in [1.165, 1.54) is 0 Å². The van der Waals surface area contributed by atoms with Gasteiger partial charge in [-0.15, -0.1) is 0 Å². The van der Waals surface area contributed by atoms with Crippen LogP contribution in [0.25, 0.3) is 0 Å². The van der Waals surface area contributed by atoms with Gasteiger partial charge in [0.2, 0.25) is 0 Å². The van der Waals surface area contributed by atoms with Gasteiger partial charge in [0.05, 0.1) is 6.61 Å². The Morgan fingerprint density at radius 1 is 1.36 bits per heavy atom. The van der Waals surface area contributed by atoms with Crippen molar-refractivity contribution >= 4 is 20.2 Å². The topological polar surface area (TPSA) is 46.5 Å². The second-order valence-corrected chi connectivity index (χ2v) is 5.54. The zero-order valence-electron chi connectivity index (χ0n) is 8.02. The summed E-state index contributed by atoms with van der Waals surface area (Å²) in [6, 6.07) is 5.81. The third-order valence-corrected chi connectivity index (χ3v) is 2.36. The zero-order valence-corrected chi connectivity index (χ0v) is 9.65. The number of rotatable bonds is 3. The average molecular weight is 232 g/mol. The molecule has 0 amide bonds. The van der Waals surface area contributed by atoms with Gasteiger partial charge in [-0.05, 0) is 19.4 Å². The molecule has 78 valence electrons. The molecule has 1 atom stereocenters. The second kappa shape index (κ2) is 4.35. The summed E-state index contributed by atoms with van der Waals surface area (Å²) in [5.74, 6) is 0. The smallest absolute Gasteiger partial charge is 0.266 e. The van der Waals surface area contributed by atoms with Crippen molar-refractivity contribution in [3.63, 3.8) is 0 Å². The van der Waals surface area contributed by atoms with Gasteiger partial charge in [-0.25, -0.2) is 0 Å². The number of benzene rings is 1. The Hall–Kier alpha value is -0.490. The Kier molecular flexibility index (Phi) is 3.60. The van der Waals surface area contributed by atoms with Gasteiger partial charge in [0.25, 0.3) is 9.05 Å². The fraction of sp³-hybridized carbons (Fsp3) is 0.333. The molecule has 0 saturated heterocycles. The molecule has 0 aliphatic rings. The monoisotopic (exact) mass is 232 g/mol. The zero-order chi connectivity index (χ0) is 10.8. The first-order chi connectivity index (χ1) is 6.37. The van der Waals surface area contributed by atoms with Crippen LogP contribution in [0.1, 0.15) is 16.7 Å². The molecule has 1 aromatic rings. The normalized spacial score (nSPS) is 15.1. The van der Waals surface area contributed by atoms with Crippen LogP contribution in [0.5, 0.6) is 0 Å². The summed E-state index contributed by atoms with van der Waals surface area (Å²) in [5.41, 5.74) is 3.05. The van der Waals surface area contributed by atoms with Crippen molar-refractivity contribution < 1.29 is 12.9 Å². The van der Waals surface area contributed by atoms with Crippen LogP contribution in [-0.4, -0.2) is 8.76 Å². The average Bonchev–Trinajstić information content (AvgIpc) is 1.97. The quantitative estimate of drug-likeness (QED) is 0.865. The van der Waals surface area contributed by atoms with Gasteiger partial charge in [-0.2, -0.15) is 4.21 Å². The van der Waals surface area contributed by atoms with Crippen molar-refractivity contribution in [2.75, 3.05) is 0 Å². The third kappa shape index (κ3) is 4.15. The van der Waals surface area contributed by atoms with Crippen LogP contribution in [0.3, 0.4) is 0 Å². The maximum absolute atomic E-state index is 10.7. The Morgan fingerprint density at radius 2 is 1.86 bits per heavy atom. The summed E-state index contributed by atoms with van der Waals surface area (Å²) in [6.07, 6.45) is 0. The highest BCUT2D eigenvalue weighted by atomic mass is 32.9. The molecule has 1 aromatic carbocycles. The number of hydrogen-bond acceptors (Lipinski definition) is 3. The van der Waals surface area contributed by atoms with Gasteiger partial charge in [-0.1, -0.05) is 29.3 Å². The van der Waals surface area contributed by atoms with E-state index in [2.05, 4.69) is 15.4 Å². The van der Waals surface area contributed by atoms with Crippen LogP contribution >= 0.6 is 0 Å². The SMILES string of the molecule is Cc1cc(C)cc(COS(=O)(O)=S)c1. The number of aryl methyl sites for hydroxylation is 2. The maximum Gasteiger partial charge on any atom is 0.266 e. The second-order valence-electron chi connectivity index (χ2n) is 3.19. The molecule has 1 N–H and O–H groups in total. The first-order valence-corrected chi connectivity index (χ1v) is 6.42. The summed E-state index contributed by atoms with van der Waals surface area (Å²) in [4.78, 5) is 0. The van der Waals surface area contributed by atoms with Gasteiger partial charge < -0.3 is 0 Å². The molecule has 5 heteroatoms. The van der Waals surface area contributed by atoms with Crippen LogP contribution in [0.2, 0.25) is 0 Å². The molecule has 0 aliphatic carbocycles. The predicted molar refractivity (Wildman–Crippen MR) is 58.8 cm³/mol. The lowest BCUT2D eigenvalue weighted by Gasteiger charge is -2.05. The first kappa shape index (κ1) is 11.6. The minimum absolute atomic E-state index is 0.0708. The fourth-order valence-corrected chi connectivity index (χ4v) is 1.72. The first-order valence-electron chi connectivity index (χ1n) is 4.06. The standard InChI is InChI=1S/C9H12O3S2/c1-7-3-8(2)5-9(4-7)6-12-14(10,11)13/h3-5H,6H2,1-2H3,(H,10,11,13). The van der Waals surface area contributed by atoms with Gasteiger partial charge in [-0.3, -0.25) is 8.74 Å². The van der Waals surface area contributed by atoms with E-state index in [1.807, 2.05) is 32.0 Å². The largest absolute Gasteiger partial charge is 0.285 e. The lowest BCUT2D eigenvalue weighted by molar-refractivity contribution is 0.294.